The van der Waals surface area contributed by atoms with Crippen LogP contribution in [0.3, 0.4) is 0 Å². The van der Waals surface area contributed by atoms with Crippen LogP contribution in [0.2, 0.25) is 0 Å². The van der Waals surface area contributed by atoms with Gasteiger partial charge in [0.1, 0.15) is 0 Å². The molecule has 4 heteroatoms. The van der Waals surface area contributed by atoms with Crippen LogP contribution >= 0.6 is 0 Å². The van der Waals surface area contributed by atoms with Gasteiger partial charge < -0.3 is 5.32 Å². The van der Waals surface area contributed by atoms with Crippen LogP contribution in [-0.2, 0) is 24.3 Å². The summed E-state index contributed by atoms with van der Waals surface area (Å²) in [5.41, 5.74) is 5.75. The zero-order chi connectivity index (χ0) is 15.0. The molecule has 1 amide bonds. The number of fused-ring (bicyclic) bond motifs is 1. The predicted octanol–water partition coefficient (Wildman–Crippen LogP) is 2.48. The van der Waals surface area contributed by atoms with E-state index in [0.717, 1.165) is 29.9 Å². The fourth-order valence-corrected chi connectivity index (χ4v) is 3.09. The van der Waals surface area contributed by atoms with Gasteiger partial charge in [-0.3, -0.25) is 9.48 Å². The summed E-state index contributed by atoms with van der Waals surface area (Å²) in [7, 11) is 0. The van der Waals surface area contributed by atoms with Gasteiger partial charge in [-0.05, 0) is 38.3 Å². The summed E-state index contributed by atoms with van der Waals surface area (Å²) in [6.45, 7) is 7.56. The monoisotopic (exact) mass is 283 g/mol. The number of carbonyl (C=O) groups is 1. The summed E-state index contributed by atoms with van der Waals surface area (Å²) >= 11 is 0. The molecule has 1 aromatic carbocycles. The summed E-state index contributed by atoms with van der Waals surface area (Å²) in [6, 6.07) is 8.17. The zero-order valence-corrected chi connectivity index (χ0v) is 12.8. The van der Waals surface area contributed by atoms with Gasteiger partial charge in [0.25, 0.3) is 0 Å². The Labute approximate surface area is 125 Å². The molecule has 1 aliphatic rings. The molecule has 0 fully saturated rings. The van der Waals surface area contributed by atoms with Crippen LogP contribution in [0.15, 0.2) is 24.3 Å². The van der Waals surface area contributed by atoms with E-state index < -0.39 is 0 Å². The van der Waals surface area contributed by atoms with E-state index in [2.05, 4.69) is 36.4 Å². The first-order chi connectivity index (χ1) is 10.1. The fourth-order valence-electron chi connectivity index (χ4n) is 3.09. The first kappa shape index (κ1) is 13.9. The van der Waals surface area contributed by atoms with Crippen molar-refractivity contribution in [1.82, 2.24) is 15.1 Å². The average Bonchev–Trinajstić information content (AvgIpc) is 2.72. The van der Waals surface area contributed by atoms with Gasteiger partial charge in [0, 0.05) is 24.3 Å². The van der Waals surface area contributed by atoms with Crippen molar-refractivity contribution in [2.75, 3.05) is 0 Å². The van der Waals surface area contributed by atoms with Crippen LogP contribution in [0.5, 0.6) is 0 Å². The summed E-state index contributed by atoms with van der Waals surface area (Å²) < 4.78 is 1.98. The third kappa shape index (κ3) is 2.35. The number of benzene rings is 1. The molecule has 1 aromatic heterocycles. The number of nitrogens with zero attached hydrogens (tertiary/aromatic N) is 2. The molecule has 0 saturated carbocycles. The van der Waals surface area contributed by atoms with Gasteiger partial charge in [0.15, 0.2) is 0 Å². The summed E-state index contributed by atoms with van der Waals surface area (Å²) in [5.74, 6) is 0.139. The van der Waals surface area contributed by atoms with Crippen molar-refractivity contribution in [2.24, 2.45) is 0 Å². The zero-order valence-electron chi connectivity index (χ0n) is 12.8. The Morgan fingerprint density at radius 2 is 2.14 bits per heavy atom. The Morgan fingerprint density at radius 3 is 2.81 bits per heavy atom. The minimum Gasteiger partial charge on any atom is -0.351 e. The fraction of sp³-hybridized carbons (Fsp3) is 0.412. The van der Waals surface area contributed by atoms with Crippen LogP contribution < -0.4 is 5.32 Å². The van der Waals surface area contributed by atoms with E-state index in [1.807, 2.05) is 23.7 Å². The van der Waals surface area contributed by atoms with Gasteiger partial charge in [-0.2, -0.15) is 5.10 Å². The highest BCUT2D eigenvalue weighted by Gasteiger charge is 2.31. The van der Waals surface area contributed by atoms with Crippen molar-refractivity contribution in [3.8, 4) is 0 Å². The maximum atomic E-state index is 12.3. The number of nitrogens with one attached hydrogen (secondary N) is 1. The molecule has 1 atom stereocenters. The van der Waals surface area contributed by atoms with Gasteiger partial charge in [0.05, 0.1) is 11.6 Å². The highest BCUT2D eigenvalue weighted by Crippen LogP contribution is 2.34. The minimum atomic E-state index is 0.0167. The van der Waals surface area contributed by atoms with Crippen molar-refractivity contribution in [1.29, 1.82) is 0 Å². The van der Waals surface area contributed by atoms with Gasteiger partial charge in [0.2, 0.25) is 5.91 Å². The smallest absolute Gasteiger partial charge is 0.228 e. The van der Waals surface area contributed by atoms with Crippen LogP contribution in [0.1, 0.15) is 40.9 Å². The Bertz CT molecular complexity index is 687. The molecule has 0 saturated heterocycles. The Hall–Kier alpha value is -2.10. The third-order valence-corrected chi connectivity index (χ3v) is 4.44. The SMILES string of the molecule is CCn1nc(C)c(CNC(=O)C2Cc3ccccc32)c1C. The molecule has 4 nitrogen and oxygen atoms in total. The van der Waals surface area contributed by atoms with Crippen LogP contribution in [0, 0.1) is 13.8 Å². The predicted molar refractivity (Wildman–Crippen MR) is 82.1 cm³/mol. The normalized spacial score (nSPS) is 16.2. The molecule has 0 bridgehead atoms. The molecular weight excluding hydrogens is 262 g/mol. The lowest BCUT2D eigenvalue weighted by atomic mass is 9.77. The second kappa shape index (κ2) is 5.35. The number of rotatable bonds is 4. The molecule has 0 radical (unpaired) electrons. The van der Waals surface area contributed by atoms with Crippen molar-refractivity contribution < 1.29 is 4.79 Å². The quantitative estimate of drug-likeness (QED) is 0.937. The van der Waals surface area contributed by atoms with Crippen molar-refractivity contribution in [3.05, 3.63) is 52.3 Å². The Morgan fingerprint density at radius 1 is 1.38 bits per heavy atom. The number of carbonyl (C=O) groups excluding carboxylic acids is 1. The highest BCUT2D eigenvalue weighted by atomic mass is 16.1. The molecule has 1 N–H and O–H groups in total. The largest absolute Gasteiger partial charge is 0.351 e. The molecule has 1 aliphatic carbocycles. The molecule has 1 heterocycles. The number of hydrogen-bond donors (Lipinski definition) is 1. The first-order valence-corrected chi connectivity index (χ1v) is 7.50. The van der Waals surface area contributed by atoms with E-state index in [0.29, 0.717) is 6.54 Å². The number of aryl methyl sites for hydroxylation is 2. The van der Waals surface area contributed by atoms with Crippen molar-refractivity contribution in [2.45, 2.75) is 46.2 Å². The molecule has 21 heavy (non-hydrogen) atoms. The summed E-state index contributed by atoms with van der Waals surface area (Å²) in [5, 5.41) is 7.56. The number of amides is 1. The Kier molecular flexibility index (Phi) is 3.53. The van der Waals surface area contributed by atoms with Crippen molar-refractivity contribution in [3.63, 3.8) is 0 Å². The van der Waals surface area contributed by atoms with E-state index in [9.17, 15) is 4.79 Å². The van der Waals surface area contributed by atoms with E-state index in [1.165, 1.54) is 11.1 Å². The highest BCUT2D eigenvalue weighted by molar-refractivity contribution is 5.86. The van der Waals surface area contributed by atoms with Gasteiger partial charge in [-0.25, -0.2) is 0 Å². The second-order valence-electron chi connectivity index (χ2n) is 5.64. The molecule has 0 spiro atoms. The number of aromatic nitrogens is 2. The Balaban J connectivity index is 1.67. The maximum absolute atomic E-state index is 12.3. The molecule has 0 aliphatic heterocycles. The number of hydrogen-bond acceptors (Lipinski definition) is 2. The maximum Gasteiger partial charge on any atom is 0.228 e. The third-order valence-electron chi connectivity index (χ3n) is 4.44. The molecule has 110 valence electrons. The van der Waals surface area contributed by atoms with Crippen LogP contribution in [0.25, 0.3) is 0 Å². The van der Waals surface area contributed by atoms with Gasteiger partial charge in [-0.15, -0.1) is 0 Å². The molecular formula is C17H21N3O. The lowest BCUT2D eigenvalue weighted by molar-refractivity contribution is -0.123. The molecule has 2 aromatic rings. The lowest BCUT2D eigenvalue weighted by Crippen LogP contribution is -2.35. The summed E-state index contributed by atoms with van der Waals surface area (Å²) in [6.07, 6.45) is 0.855. The van der Waals surface area contributed by atoms with Crippen LogP contribution in [-0.4, -0.2) is 15.7 Å². The second-order valence-corrected chi connectivity index (χ2v) is 5.64. The minimum absolute atomic E-state index is 0.0167. The van der Waals surface area contributed by atoms with Crippen LogP contribution in [0.4, 0.5) is 0 Å². The van der Waals surface area contributed by atoms with E-state index in [-0.39, 0.29) is 11.8 Å². The summed E-state index contributed by atoms with van der Waals surface area (Å²) in [4.78, 5) is 12.3. The van der Waals surface area contributed by atoms with Crippen molar-refractivity contribution >= 4 is 5.91 Å². The first-order valence-electron chi connectivity index (χ1n) is 7.50. The van der Waals surface area contributed by atoms with Gasteiger partial charge >= 0.3 is 0 Å². The van der Waals surface area contributed by atoms with E-state index in [1.54, 1.807) is 0 Å². The van der Waals surface area contributed by atoms with E-state index in [4.69, 9.17) is 0 Å². The molecule has 3 rings (SSSR count). The average molecular weight is 283 g/mol. The van der Waals surface area contributed by atoms with E-state index >= 15 is 0 Å². The lowest BCUT2D eigenvalue weighted by Gasteiger charge is -2.28. The van der Waals surface area contributed by atoms with Gasteiger partial charge in [-0.1, -0.05) is 24.3 Å². The topological polar surface area (TPSA) is 46.9 Å². The molecule has 1 unspecified atom stereocenters. The standard InChI is InChI=1S/C17H21N3O/c1-4-20-12(3)16(11(2)19-20)10-18-17(21)15-9-13-7-5-6-8-14(13)15/h5-8,15H,4,9-10H2,1-3H3,(H,18,21).